The summed E-state index contributed by atoms with van der Waals surface area (Å²) < 4.78 is 5.32. The Labute approximate surface area is 81.9 Å². The fraction of sp³-hybridized carbons (Fsp3) is 1.00. The second-order valence-corrected chi connectivity index (χ2v) is 4.51. The van der Waals surface area contributed by atoms with Gasteiger partial charge in [-0.2, -0.15) is 0 Å². The molecule has 3 N–H and O–H groups in total. The van der Waals surface area contributed by atoms with E-state index in [1.165, 1.54) is 11.8 Å². The Hall–Kier alpha value is 0.190. The molecule has 4 nitrogen and oxygen atoms in total. The van der Waals surface area contributed by atoms with Crippen LogP contribution in [0.1, 0.15) is 13.8 Å². The van der Waals surface area contributed by atoms with Gasteiger partial charge in [-0.25, -0.2) is 0 Å². The number of thioether (sulfide) groups is 1. The van der Waals surface area contributed by atoms with Gasteiger partial charge in [-0.05, 0) is 12.7 Å². The number of hydrogen-bond acceptors (Lipinski definition) is 5. The average molecular weight is 208 g/mol. The molecule has 0 bridgehead atoms. The van der Waals surface area contributed by atoms with Gasteiger partial charge in [-0.15, -0.1) is 11.8 Å². The van der Waals surface area contributed by atoms with Crippen LogP contribution in [0.3, 0.4) is 0 Å². The van der Waals surface area contributed by atoms with Gasteiger partial charge in [0.15, 0.2) is 0 Å². The quantitative estimate of drug-likeness (QED) is 0.574. The highest BCUT2D eigenvalue weighted by Crippen LogP contribution is 2.27. The van der Waals surface area contributed by atoms with Crippen molar-refractivity contribution in [3.05, 3.63) is 0 Å². The van der Waals surface area contributed by atoms with Crippen LogP contribution in [0.5, 0.6) is 0 Å². The normalized spacial score (nSPS) is 46.4. The summed E-state index contributed by atoms with van der Waals surface area (Å²) in [6.45, 7) is 3.63. The zero-order valence-electron chi connectivity index (χ0n) is 7.75. The van der Waals surface area contributed by atoms with Crippen molar-refractivity contribution < 1.29 is 20.1 Å². The molecular weight excluding hydrogens is 192 g/mol. The van der Waals surface area contributed by atoms with E-state index in [9.17, 15) is 15.3 Å². The molecule has 0 aromatic rings. The molecule has 0 saturated carbocycles. The van der Waals surface area contributed by atoms with E-state index in [0.717, 1.165) is 5.75 Å². The fourth-order valence-electron chi connectivity index (χ4n) is 1.32. The van der Waals surface area contributed by atoms with Crippen molar-refractivity contribution in [2.45, 2.75) is 43.7 Å². The maximum Gasteiger partial charge on any atom is 0.132 e. The minimum Gasteiger partial charge on any atom is -0.388 e. The van der Waals surface area contributed by atoms with E-state index >= 15 is 0 Å². The summed E-state index contributed by atoms with van der Waals surface area (Å²) in [6, 6.07) is 0. The van der Waals surface area contributed by atoms with Gasteiger partial charge in [0.25, 0.3) is 0 Å². The monoisotopic (exact) mass is 208 g/mol. The molecule has 0 aromatic heterocycles. The van der Waals surface area contributed by atoms with E-state index in [4.69, 9.17) is 4.74 Å². The molecule has 1 heterocycles. The van der Waals surface area contributed by atoms with Gasteiger partial charge in [-0.3, -0.25) is 0 Å². The molecule has 1 unspecified atom stereocenters. The van der Waals surface area contributed by atoms with Crippen molar-refractivity contribution >= 4 is 11.8 Å². The number of hydrogen-bond donors (Lipinski definition) is 3. The van der Waals surface area contributed by atoms with Gasteiger partial charge in [0.1, 0.15) is 23.7 Å². The molecule has 0 amide bonds. The first-order valence-electron chi connectivity index (χ1n) is 4.39. The van der Waals surface area contributed by atoms with E-state index in [1.54, 1.807) is 6.92 Å². The van der Waals surface area contributed by atoms with Gasteiger partial charge in [-0.1, -0.05) is 6.92 Å². The predicted molar refractivity (Wildman–Crippen MR) is 50.5 cm³/mol. The van der Waals surface area contributed by atoms with E-state index in [2.05, 4.69) is 0 Å². The van der Waals surface area contributed by atoms with Gasteiger partial charge in [0, 0.05) is 0 Å². The van der Waals surface area contributed by atoms with Gasteiger partial charge >= 0.3 is 0 Å². The number of ether oxygens (including phenoxy) is 1. The summed E-state index contributed by atoms with van der Waals surface area (Å²) in [5.41, 5.74) is -0.432. The van der Waals surface area contributed by atoms with Crippen LogP contribution in [0.15, 0.2) is 0 Å². The van der Waals surface area contributed by atoms with Crippen molar-refractivity contribution in [1.82, 2.24) is 0 Å². The highest BCUT2D eigenvalue weighted by molar-refractivity contribution is 7.99. The Morgan fingerprint density at radius 3 is 2.31 bits per heavy atom. The van der Waals surface area contributed by atoms with Crippen molar-refractivity contribution in [3.8, 4) is 0 Å². The molecule has 0 spiro atoms. The lowest BCUT2D eigenvalue weighted by atomic mass is 10.0. The largest absolute Gasteiger partial charge is 0.388 e. The third-order valence-corrected chi connectivity index (χ3v) is 3.19. The molecule has 0 radical (unpaired) electrons. The Bertz CT molecular complexity index is 166. The molecule has 1 fully saturated rings. The number of rotatable bonds is 2. The summed E-state index contributed by atoms with van der Waals surface area (Å²) in [6.07, 6.45) is -3.53. The van der Waals surface area contributed by atoms with Crippen LogP contribution in [0.4, 0.5) is 0 Å². The molecule has 1 aliphatic heterocycles. The zero-order valence-corrected chi connectivity index (χ0v) is 8.57. The maximum atomic E-state index is 9.50. The molecule has 0 aromatic carbocycles. The van der Waals surface area contributed by atoms with Crippen LogP contribution in [-0.2, 0) is 4.74 Å². The summed E-state index contributed by atoms with van der Waals surface area (Å²) in [5.74, 6) is 0.803. The summed E-state index contributed by atoms with van der Waals surface area (Å²) in [7, 11) is 0. The molecule has 1 rings (SSSR count). The van der Waals surface area contributed by atoms with E-state index in [-0.39, 0.29) is 0 Å². The molecule has 1 saturated heterocycles. The highest BCUT2D eigenvalue weighted by atomic mass is 32.2. The third-order valence-electron chi connectivity index (χ3n) is 2.14. The van der Waals surface area contributed by atoms with Crippen LogP contribution in [0, 0.1) is 0 Å². The highest BCUT2D eigenvalue weighted by Gasteiger charge is 2.41. The first-order chi connectivity index (χ1) is 6.07. The third kappa shape index (κ3) is 2.35. The van der Waals surface area contributed by atoms with Crippen LogP contribution >= 0.6 is 11.8 Å². The Kier molecular flexibility index (Phi) is 4.00. The molecule has 5 atom stereocenters. The van der Waals surface area contributed by atoms with Crippen LogP contribution < -0.4 is 0 Å². The minimum atomic E-state index is -1.10. The van der Waals surface area contributed by atoms with Gasteiger partial charge < -0.3 is 20.1 Å². The van der Waals surface area contributed by atoms with Gasteiger partial charge in [0.05, 0.1) is 6.10 Å². The first kappa shape index (κ1) is 11.3. The molecule has 78 valence electrons. The summed E-state index contributed by atoms with van der Waals surface area (Å²) in [4.78, 5) is 0. The lowest BCUT2D eigenvalue weighted by molar-refractivity contribution is -0.192. The van der Waals surface area contributed by atoms with E-state index < -0.39 is 29.9 Å². The van der Waals surface area contributed by atoms with Crippen LogP contribution in [-0.4, -0.2) is 50.9 Å². The van der Waals surface area contributed by atoms with Crippen LogP contribution in [0.2, 0.25) is 0 Å². The standard InChI is InChI=1S/C8H16O4S/c1-3-13-8-7(11)6(10)5(9)4(2)12-8/h4-11H,3H2,1-2H3/t4-,5+,6+,7-,8?/m0/s1. The minimum absolute atomic E-state index is 0.428. The predicted octanol–water partition coefficient (Wildman–Crippen LogP) is -0.433. The molecular formula is C8H16O4S. The topological polar surface area (TPSA) is 69.9 Å². The molecule has 13 heavy (non-hydrogen) atoms. The van der Waals surface area contributed by atoms with E-state index in [1.807, 2.05) is 6.92 Å². The van der Waals surface area contributed by atoms with Gasteiger partial charge in [0.2, 0.25) is 0 Å². The number of aliphatic hydroxyl groups is 3. The summed E-state index contributed by atoms with van der Waals surface area (Å²) >= 11 is 1.43. The van der Waals surface area contributed by atoms with E-state index in [0.29, 0.717) is 0 Å². The van der Waals surface area contributed by atoms with Crippen molar-refractivity contribution in [1.29, 1.82) is 0 Å². The Morgan fingerprint density at radius 2 is 1.77 bits per heavy atom. The second-order valence-electron chi connectivity index (χ2n) is 3.14. The zero-order chi connectivity index (χ0) is 10.0. The molecule has 0 aliphatic carbocycles. The number of aliphatic hydroxyl groups excluding tert-OH is 3. The molecule has 1 aliphatic rings. The van der Waals surface area contributed by atoms with Crippen molar-refractivity contribution in [2.24, 2.45) is 0 Å². The van der Waals surface area contributed by atoms with Crippen molar-refractivity contribution in [3.63, 3.8) is 0 Å². The lowest BCUT2D eigenvalue weighted by Gasteiger charge is -2.38. The fourth-order valence-corrected chi connectivity index (χ4v) is 2.26. The maximum absolute atomic E-state index is 9.50. The SMILES string of the molecule is CCSC1O[C@@H](C)[C@@H](O)[C@@H](O)[C@@H]1O. The first-order valence-corrected chi connectivity index (χ1v) is 5.44. The lowest BCUT2D eigenvalue weighted by Crippen LogP contribution is -2.55. The Morgan fingerprint density at radius 1 is 1.15 bits per heavy atom. The van der Waals surface area contributed by atoms with Crippen molar-refractivity contribution in [2.75, 3.05) is 5.75 Å². The molecule has 5 heteroatoms. The summed E-state index contributed by atoms with van der Waals surface area (Å²) in [5, 5.41) is 28.3. The second kappa shape index (κ2) is 4.61. The smallest absolute Gasteiger partial charge is 0.132 e. The van der Waals surface area contributed by atoms with Crippen LogP contribution in [0.25, 0.3) is 0 Å². The Balaban J connectivity index is 2.59. The average Bonchev–Trinajstić information content (AvgIpc) is 2.11.